The minimum atomic E-state index is 0.249. The molecule has 1 heterocycles. The molecule has 0 aromatic rings. The maximum Gasteiger partial charge on any atom is 0.0591 e. The molecular formula is C14H29N3O. The van der Waals surface area contributed by atoms with Crippen molar-refractivity contribution in [1.82, 2.24) is 15.5 Å². The Balaban J connectivity index is 1.52. The van der Waals surface area contributed by atoms with Crippen molar-refractivity contribution in [3.63, 3.8) is 0 Å². The van der Waals surface area contributed by atoms with Gasteiger partial charge in [-0.3, -0.25) is 4.90 Å². The van der Waals surface area contributed by atoms with Crippen LogP contribution in [0.5, 0.6) is 0 Å². The van der Waals surface area contributed by atoms with Gasteiger partial charge in [0.25, 0.3) is 0 Å². The summed E-state index contributed by atoms with van der Waals surface area (Å²) in [7, 11) is 0. The van der Waals surface area contributed by atoms with Crippen LogP contribution in [-0.2, 0) is 4.74 Å². The highest BCUT2D eigenvalue weighted by atomic mass is 16.5. The summed E-state index contributed by atoms with van der Waals surface area (Å²) >= 11 is 0. The average Bonchev–Trinajstić information content (AvgIpc) is 3.19. The normalized spacial score (nSPS) is 22.3. The zero-order valence-corrected chi connectivity index (χ0v) is 12.0. The van der Waals surface area contributed by atoms with Crippen LogP contribution < -0.4 is 10.6 Å². The van der Waals surface area contributed by atoms with Crippen LogP contribution in [-0.4, -0.2) is 62.9 Å². The van der Waals surface area contributed by atoms with Gasteiger partial charge in [0, 0.05) is 51.4 Å². The summed E-state index contributed by atoms with van der Waals surface area (Å²) in [6.07, 6.45) is 2.76. The van der Waals surface area contributed by atoms with Crippen molar-refractivity contribution in [1.29, 1.82) is 0 Å². The molecule has 0 spiro atoms. The molecule has 0 amide bonds. The molecule has 1 saturated carbocycles. The molecule has 0 unspecified atom stereocenters. The van der Waals surface area contributed by atoms with Gasteiger partial charge < -0.3 is 15.4 Å². The standard InChI is InChI=1S/C14H29N3O/c1-14(2,17-8-5-15-6-9-17)12-16-7-10-18-11-13-3-4-13/h13,15-16H,3-12H2,1-2H3. The maximum atomic E-state index is 5.63. The fraction of sp³-hybridized carbons (Fsp3) is 1.00. The van der Waals surface area contributed by atoms with E-state index in [1.165, 1.54) is 12.8 Å². The first kappa shape index (κ1) is 14.3. The van der Waals surface area contributed by atoms with Crippen LogP contribution >= 0.6 is 0 Å². The summed E-state index contributed by atoms with van der Waals surface area (Å²) in [5.74, 6) is 0.877. The lowest BCUT2D eigenvalue weighted by molar-refractivity contribution is 0.0934. The van der Waals surface area contributed by atoms with Gasteiger partial charge in [-0.1, -0.05) is 0 Å². The number of nitrogens with one attached hydrogen (secondary N) is 2. The summed E-state index contributed by atoms with van der Waals surface area (Å²) in [5, 5.41) is 6.94. The molecule has 18 heavy (non-hydrogen) atoms. The summed E-state index contributed by atoms with van der Waals surface area (Å²) in [6.45, 7) is 13.1. The lowest BCUT2D eigenvalue weighted by atomic mass is 10.0. The van der Waals surface area contributed by atoms with Crippen LogP contribution in [0.1, 0.15) is 26.7 Å². The molecule has 0 aromatic heterocycles. The summed E-state index contributed by atoms with van der Waals surface area (Å²) in [4.78, 5) is 2.57. The van der Waals surface area contributed by atoms with Gasteiger partial charge in [-0.05, 0) is 32.6 Å². The zero-order valence-electron chi connectivity index (χ0n) is 12.0. The molecule has 106 valence electrons. The van der Waals surface area contributed by atoms with E-state index >= 15 is 0 Å². The Kier molecular flexibility index (Phi) is 5.42. The number of hydrogen-bond acceptors (Lipinski definition) is 4. The number of rotatable bonds is 8. The van der Waals surface area contributed by atoms with E-state index in [1.807, 2.05) is 0 Å². The van der Waals surface area contributed by atoms with E-state index in [4.69, 9.17) is 4.74 Å². The molecule has 2 aliphatic rings. The van der Waals surface area contributed by atoms with Gasteiger partial charge in [0.15, 0.2) is 0 Å². The molecule has 1 aliphatic carbocycles. The first-order chi connectivity index (χ1) is 8.68. The van der Waals surface area contributed by atoms with Crippen LogP contribution in [0.4, 0.5) is 0 Å². The number of nitrogens with zero attached hydrogens (tertiary/aromatic N) is 1. The van der Waals surface area contributed by atoms with Crippen LogP contribution in [0.15, 0.2) is 0 Å². The Morgan fingerprint density at radius 2 is 2.00 bits per heavy atom. The Bertz CT molecular complexity index is 235. The minimum Gasteiger partial charge on any atom is -0.380 e. The second-order valence-electron chi connectivity index (χ2n) is 6.24. The number of hydrogen-bond donors (Lipinski definition) is 2. The van der Waals surface area contributed by atoms with Crippen LogP contribution in [0.2, 0.25) is 0 Å². The second kappa shape index (κ2) is 6.85. The average molecular weight is 255 g/mol. The summed E-state index contributed by atoms with van der Waals surface area (Å²) < 4.78 is 5.63. The van der Waals surface area contributed by atoms with E-state index in [9.17, 15) is 0 Å². The molecule has 4 nitrogen and oxygen atoms in total. The topological polar surface area (TPSA) is 36.5 Å². The van der Waals surface area contributed by atoms with E-state index in [2.05, 4.69) is 29.4 Å². The third-order valence-electron chi connectivity index (χ3n) is 4.00. The van der Waals surface area contributed by atoms with Gasteiger partial charge in [0.2, 0.25) is 0 Å². The predicted molar refractivity (Wildman–Crippen MR) is 74.9 cm³/mol. The molecule has 1 aliphatic heterocycles. The van der Waals surface area contributed by atoms with Gasteiger partial charge in [0.1, 0.15) is 0 Å². The SMILES string of the molecule is CC(C)(CNCCOCC1CC1)N1CCNCC1. The smallest absolute Gasteiger partial charge is 0.0591 e. The van der Waals surface area contributed by atoms with E-state index < -0.39 is 0 Å². The quantitative estimate of drug-likeness (QED) is 0.626. The van der Waals surface area contributed by atoms with Crippen molar-refractivity contribution in [2.24, 2.45) is 5.92 Å². The lowest BCUT2D eigenvalue weighted by Crippen LogP contribution is -2.57. The number of ether oxygens (including phenoxy) is 1. The first-order valence-electron chi connectivity index (χ1n) is 7.43. The van der Waals surface area contributed by atoms with Crippen molar-refractivity contribution in [3.8, 4) is 0 Å². The minimum absolute atomic E-state index is 0.249. The predicted octanol–water partition coefficient (Wildman–Crippen LogP) is 0.686. The van der Waals surface area contributed by atoms with Crippen molar-refractivity contribution >= 4 is 0 Å². The Hall–Kier alpha value is -0.160. The van der Waals surface area contributed by atoms with E-state index in [0.29, 0.717) is 0 Å². The summed E-state index contributed by atoms with van der Waals surface area (Å²) in [6, 6.07) is 0. The third kappa shape index (κ3) is 4.84. The monoisotopic (exact) mass is 255 g/mol. The van der Waals surface area contributed by atoms with Gasteiger partial charge in [-0.2, -0.15) is 0 Å². The molecule has 0 bridgehead atoms. The van der Waals surface area contributed by atoms with Crippen molar-refractivity contribution in [3.05, 3.63) is 0 Å². The number of piperazine rings is 1. The highest BCUT2D eigenvalue weighted by Crippen LogP contribution is 2.28. The molecule has 2 fully saturated rings. The largest absolute Gasteiger partial charge is 0.380 e. The Morgan fingerprint density at radius 1 is 1.28 bits per heavy atom. The zero-order chi connectivity index (χ0) is 12.8. The van der Waals surface area contributed by atoms with Crippen molar-refractivity contribution < 1.29 is 4.74 Å². The fourth-order valence-electron chi connectivity index (χ4n) is 2.46. The molecule has 4 heteroatoms. The van der Waals surface area contributed by atoms with E-state index in [1.54, 1.807) is 0 Å². The highest BCUT2D eigenvalue weighted by Gasteiger charge is 2.27. The lowest BCUT2D eigenvalue weighted by Gasteiger charge is -2.41. The van der Waals surface area contributed by atoms with Gasteiger partial charge in [0.05, 0.1) is 6.61 Å². The first-order valence-corrected chi connectivity index (χ1v) is 7.43. The van der Waals surface area contributed by atoms with Gasteiger partial charge in [-0.15, -0.1) is 0 Å². The fourth-order valence-corrected chi connectivity index (χ4v) is 2.46. The van der Waals surface area contributed by atoms with Crippen molar-refractivity contribution in [2.45, 2.75) is 32.2 Å². The second-order valence-corrected chi connectivity index (χ2v) is 6.24. The van der Waals surface area contributed by atoms with E-state index in [-0.39, 0.29) is 5.54 Å². The Labute approximate surface area is 111 Å². The molecule has 0 atom stereocenters. The van der Waals surface area contributed by atoms with Gasteiger partial charge in [-0.25, -0.2) is 0 Å². The van der Waals surface area contributed by atoms with Crippen LogP contribution in [0, 0.1) is 5.92 Å². The maximum absolute atomic E-state index is 5.63. The van der Waals surface area contributed by atoms with E-state index in [0.717, 1.165) is 58.4 Å². The molecule has 1 saturated heterocycles. The van der Waals surface area contributed by atoms with Crippen molar-refractivity contribution in [2.75, 3.05) is 52.5 Å². The highest BCUT2D eigenvalue weighted by molar-refractivity contribution is 4.86. The summed E-state index contributed by atoms with van der Waals surface area (Å²) in [5.41, 5.74) is 0.249. The molecule has 0 aromatic carbocycles. The Morgan fingerprint density at radius 3 is 2.67 bits per heavy atom. The van der Waals surface area contributed by atoms with Crippen LogP contribution in [0.25, 0.3) is 0 Å². The third-order valence-corrected chi connectivity index (χ3v) is 4.00. The molecule has 0 radical (unpaired) electrons. The molecular weight excluding hydrogens is 226 g/mol. The van der Waals surface area contributed by atoms with Crippen LogP contribution in [0.3, 0.4) is 0 Å². The molecule has 2 N–H and O–H groups in total. The molecule has 2 rings (SSSR count). The van der Waals surface area contributed by atoms with Gasteiger partial charge >= 0.3 is 0 Å².